The third-order valence-electron chi connectivity index (χ3n) is 3.23. The Labute approximate surface area is 119 Å². The lowest BCUT2D eigenvalue weighted by Crippen LogP contribution is -2.41. The minimum atomic E-state index is -1.24. The normalized spacial score (nSPS) is 35.0. The van der Waals surface area contributed by atoms with Gasteiger partial charge in [0.2, 0.25) is 0 Å². The van der Waals surface area contributed by atoms with Gasteiger partial charge in [-0.3, -0.25) is 4.57 Å². The van der Waals surface area contributed by atoms with E-state index >= 15 is 0 Å². The van der Waals surface area contributed by atoms with Gasteiger partial charge in [0.15, 0.2) is 6.23 Å². The Balaban J connectivity index is 0.00000147. The molecule has 2 aliphatic rings. The predicted molar refractivity (Wildman–Crippen MR) is 70.1 cm³/mol. The van der Waals surface area contributed by atoms with Gasteiger partial charge in [-0.25, -0.2) is 4.79 Å². The van der Waals surface area contributed by atoms with Gasteiger partial charge in [-0.15, -0.1) is 12.4 Å². The molecule has 0 aliphatic carbocycles. The second kappa shape index (κ2) is 5.41. The number of rotatable bonds is 2. The Morgan fingerprint density at radius 2 is 2.05 bits per heavy atom. The molecular weight excluding hydrogens is 290 g/mol. The molecule has 0 saturated carbocycles. The Morgan fingerprint density at radius 1 is 1.35 bits per heavy atom. The molecule has 0 bridgehead atoms. The van der Waals surface area contributed by atoms with Gasteiger partial charge >= 0.3 is 5.69 Å². The highest BCUT2D eigenvalue weighted by atomic mass is 35.5. The Bertz CT molecular complexity index is 577. The molecule has 0 spiro atoms. The van der Waals surface area contributed by atoms with Crippen molar-refractivity contribution in [3.8, 4) is 0 Å². The molecule has 3 rings (SSSR count). The zero-order valence-corrected chi connectivity index (χ0v) is 11.0. The SMILES string of the molecule is Cl.Nc1ccn([C@@H]2O[C@H](C3C=CO3)[C@@H](O)[C@H]2O)c(=O)n1. The van der Waals surface area contributed by atoms with Crippen molar-refractivity contribution in [2.45, 2.75) is 30.6 Å². The summed E-state index contributed by atoms with van der Waals surface area (Å²) in [4.78, 5) is 15.2. The first kappa shape index (κ1) is 14.8. The highest BCUT2D eigenvalue weighted by Crippen LogP contribution is 2.33. The van der Waals surface area contributed by atoms with Crippen LogP contribution in [0.25, 0.3) is 0 Å². The Morgan fingerprint density at radius 3 is 2.60 bits per heavy atom. The van der Waals surface area contributed by atoms with E-state index in [1.165, 1.54) is 18.5 Å². The molecule has 1 saturated heterocycles. The van der Waals surface area contributed by atoms with Crippen LogP contribution in [-0.2, 0) is 9.47 Å². The highest BCUT2D eigenvalue weighted by Gasteiger charge is 2.48. The molecule has 0 aromatic carbocycles. The first-order chi connectivity index (χ1) is 9.08. The molecule has 8 nitrogen and oxygen atoms in total. The minimum Gasteiger partial charge on any atom is -0.491 e. The largest absolute Gasteiger partial charge is 0.491 e. The van der Waals surface area contributed by atoms with Gasteiger partial charge in [-0.1, -0.05) is 0 Å². The maximum atomic E-state index is 11.7. The van der Waals surface area contributed by atoms with Gasteiger partial charge in [0.25, 0.3) is 0 Å². The van der Waals surface area contributed by atoms with E-state index < -0.39 is 36.3 Å². The van der Waals surface area contributed by atoms with Crippen LogP contribution in [0.1, 0.15) is 6.23 Å². The standard InChI is InChI=1S/C11H13N3O5.ClH/c12-6-1-3-14(11(17)13-6)10-8(16)7(15)9(19-10)5-2-4-18-5;/h1-5,7-10,15-16H,(H2,12,13,17);1H/t5?,7-,8+,9+,10+;/m0./s1. The van der Waals surface area contributed by atoms with E-state index in [1.54, 1.807) is 6.08 Å². The smallest absolute Gasteiger partial charge is 0.351 e. The van der Waals surface area contributed by atoms with E-state index in [4.69, 9.17) is 15.2 Å². The molecule has 110 valence electrons. The van der Waals surface area contributed by atoms with Crippen molar-refractivity contribution in [2.24, 2.45) is 0 Å². The molecule has 1 aromatic heterocycles. The van der Waals surface area contributed by atoms with Gasteiger partial charge in [0.05, 0.1) is 6.26 Å². The maximum absolute atomic E-state index is 11.7. The van der Waals surface area contributed by atoms with Gasteiger partial charge < -0.3 is 25.4 Å². The molecule has 2 aliphatic heterocycles. The number of anilines is 1. The summed E-state index contributed by atoms with van der Waals surface area (Å²) < 4.78 is 11.7. The summed E-state index contributed by atoms with van der Waals surface area (Å²) in [6.45, 7) is 0. The lowest BCUT2D eigenvalue weighted by atomic mass is 10.0. The lowest BCUT2D eigenvalue weighted by Gasteiger charge is -2.27. The van der Waals surface area contributed by atoms with Crippen LogP contribution in [0, 0.1) is 0 Å². The number of aromatic nitrogens is 2. The van der Waals surface area contributed by atoms with E-state index in [0.29, 0.717) is 0 Å². The van der Waals surface area contributed by atoms with Crippen molar-refractivity contribution in [3.05, 3.63) is 35.1 Å². The summed E-state index contributed by atoms with van der Waals surface area (Å²) >= 11 is 0. The molecule has 0 radical (unpaired) electrons. The zero-order chi connectivity index (χ0) is 13.6. The molecule has 20 heavy (non-hydrogen) atoms. The van der Waals surface area contributed by atoms with Crippen LogP contribution in [0.5, 0.6) is 0 Å². The average molecular weight is 304 g/mol. The second-order valence-corrected chi connectivity index (χ2v) is 4.44. The maximum Gasteiger partial charge on any atom is 0.351 e. The Kier molecular flexibility index (Phi) is 4.00. The van der Waals surface area contributed by atoms with Crippen LogP contribution in [0.3, 0.4) is 0 Å². The fourth-order valence-corrected chi connectivity index (χ4v) is 2.16. The Hall–Kier alpha value is -1.61. The number of aliphatic hydroxyl groups excluding tert-OH is 2. The van der Waals surface area contributed by atoms with Gasteiger partial charge in [-0.2, -0.15) is 4.98 Å². The van der Waals surface area contributed by atoms with E-state index in [0.717, 1.165) is 4.57 Å². The minimum absolute atomic E-state index is 0. The second-order valence-electron chi connectivity index (χ2n) is 4.44. The molecule has 0 amide bonds. The van der Waals surface area contributed by atoms with E-state index in [9.17, 15) is 15.0 Å². The number of aliphatic hydroxyl groups is 2. The number of hydrogen-bond acceptors (Lipinski definition) is 7. The summed E-state index contributed by atoms with van der Waals surface area (Å²) in [7, 11) is 0. The van der Waals surface area contributed by atoms with Crippen LogP contribution in [0.15, 0.2) is 29.4 Å². The van der Waals surface area contributed by atoms with Crippen molar-refractivity contribution in [2.75, 3.05) is 5.73 Å². The molecule has 3 heterocycles. The summed E-state index contributed by atoms with van der Waals surface area (Å²) in [6, 6.07) is 1.41. The van der Waals surface area contributed by atoms with Crippen LogP contribution in [-0.4, -0.2) is 44.2 Å². The molecular formula is C11H14ClN3O5. The van der Waals surface area contributed by atoms with Crippen molar-refractivity contribution in [1.29, 1.82) is 0 Å². The fourth-order valence-electron chi connectivity index (χ4n) is 2.16. The van der Waals surface area contributed by atoms with Crippen LogP contribution in [0.2, 0.25) is 0 Å². The molecule has 9 heteroatoms. The molecule has 1 unspecified atom stereocenters. The van der Waals surface area contributed by atoms with Crippen molar-refractivity contribution in [3.63, 3.8) is 0 Å². The summed E-state index contributed by atoms with van der Waals surface area (Å²) in [5.74, 6) is 0.0797. The zero-order valence-electron chi connectivity index (χ0n) is 10.2. The number of hydrogen-bond donors (Lipinski definition) is 3. The van der Waals surface area contributed by atoms with Crippen molar-refractivity contribution >= 4 is 18.2 Å². The molecule has 1 aromatic rings. The number of ether oxygens (including phenoxy) is 2. The molecule has 5 atom stereocenters. The van der Waals surface area contributed by atoms with E-state index in [2.05, 4.69) is 4.98 Å². The summed E-state index contributed by atoms with van der Waals surface area (Å²) in [5.41, 5.74) is 4.74. The third kappa shape index (κ3) is 2.27. The van der Waals surface area contributed by atoms with Crippen LogP contribution >= 0.6 is 12.4 Å². The lowest BCUT2D eigenvalue weighted by molar-refractivity contribution is -0.0865. The van der Waals surface area contributed by atoms with Gasteiger partial charge in [-0.05, 0) is 12.1 Å². The molecule has 4 N–H and O–H groups in total. The highest BCUT2D eigenvalue weighted by molar-refractivity contribution is 5.85. The van der Waals surface area contributed by atoms with Gasteiger partial charge in [0.1, 0.15) is 30.2 Å². The number of nitrogen functional groups attached to an aromatic ring is 1. The van der Waals surface area contributed by atoms with E-state index in [-0.39, 0.29) is 18.2 Å². The quantitative estimate of drug-likeness (QED) is 0.626. The third-order valence-corrected chi connectivity index (χ3v) is 3.23. The van der Waals surface area contributed by atoms with Crippen LogP contribution in [0.4, 0.5) is 5.82 Å². The van der Waals surface area contributed by atoms with Crippen molar-refractivity contribution in [1.82, 2.24) is 9.55 Å². The average Bonchev–Trinajstić information content (AvgIpc) is 2.56. The number of nitrogens with zero attached hydrogens (tertiary/aromatic N) is 2. The van der Waals surface area contributed by atoms with Crippen LogP contribution < -0.4 is 11.4 Å². The number of nitrogens with two attached hydrogens (primary N) is 1. The topological polar surface area (TPSA) is 120 Å². The fraction of sp³-hybridized carbons (Fsp3) is 0.455. The molecule has 1 fully saturated rings. The summed E-state index contributed by atoms with van der Waals surface area (Å²) in [5, 5.41) is 19.9. The van der Waals surface area contributed by atoms with Gasteiger partial charge in [0, 0.05) is 6.20 Å². The van der Waals surface area contributed by atoms with E-state index in [1.807, 2.05) is 0 Å². The monoisotopic (exact) mass is 303 g/mol. The number of halogens is 1. The first-order valence-electron chi connectivity index (χ1n) is 5.76. The summed E-state index contributed by atoms with van der Waals surface area (Å²) in [6.07, 6.45) is -0.0231. The van der Waals surface area contributed by atoms with Crippen molar-refractivity contribution < 1.29 is 19.7 Å². The first-order valence-corrected chi connectivity index (χ1v) is 5.76. The predicted octanol–water partition coefficient (Wildman–Crippen LogP) is -1.22.